The van der Waals surface area contributed by atoms with E-state index in [0.717, 1.165) is 45.6 Å². The smallest absolute Gasteiger partial charge is 0.237 e. The second-order valence-electron chi connectivity index (χ2n) is 4.70. The highest BCUT2D eigenvalue weighted by molar-refractivity contribution is 5.78. The average Bonchev–Trinajstić information content (AvgIpc) is 2.86. The topological polar surface area (TPSA) is 35.6 Å². The maximum atomic E-state index is 12.3. The molecule has 17 heavy (non-hydrogen) atoms. The van der Waals surface area contributed by atoms with E-state index >= 15 is 0 Å². The van der Waals surface area contributed by atoms with Gasteiger partial charge >= 0.3 is 0 Å². The number of hydrogen-bond acceptors (Lipinski definition) is 3. The van der Waals surface area contributed by atoms with Gasteiger partial charge in [-0.05, 0) is 32.5 Å². The van der Waals surface area contributed by atoms with Crippen molar-refractivity contribution in [3.63, 3.8) is 0 Å². The third-order valence-electron chi connectivity index (χ3n) is 3.51. The van der Waals surface area contributed by atoms with Crippen LogP contribution >= 0.6 is 0 Å². The van der Waals surface area contributed by atoms with Gasteiger partial charge in [0.15, 0.2) is 0 Å². The summed E-state index contributed by atoms with van der Waals surface area (Å²) in [6.07, 6.45) is 2.14. The molecule has 100 valence electrons. The van der Waals surface area contributed by atoms with Crippen LogP contribution < -0.4 is 5.32 Å². The first-order valence-corrected chi connectivity index (χ1v) is 6.95. The molecule has 0 saturated carbocycles. The van der Waals surface area contributed by atoms with Crippen LogP contribution in [0.4, 0.5) is 0 Å². The first-order valence-electron chi connectivity index (χ1n) is 6.95. The van der Waals surface area contributed by atoms with Crippen LogP contribution in [0.3, 0.4) is 0 Å². The summed E-state index contributed by atoms with van der Waals surface area (Å²) in [5.74, 6) is 0.296. The number of hydrogen-bond donors (Lipinski definition) is 1. The second kappa shape index (κ2) is 7.67. The molecule has 1 aliphatic rings. The maximum absolute atomic E-state index is 12.3. The molecule has 0 aromatic rings. The molecule has 1 saturated heterocycles. The van der Waals surface area contributed by atoms with Crippen molar-refractivity contribution < 1.29 is 4.79 Å². The lowest BCUT2D eigenvalue weighted by Gasteiger charge is -2.30. The van der Waals surface area contributed by atoms with Crippen LogP contribution in [0.25, 0.3) is 0 Å². The molecule has 1 N–H and O–H groups in total. The Morgan fingerprint density at radius 1 is 1.29 bits per heavy atom. The van der Waals surface area contributed by atoms with Gasteiger partial charge in [-0.3, -0.25) is 9.69 Å². The Hall–Kier alpha value is -0.610. The molecule has 1 unspecified atom stereocenters. The lowest BCUT2D eigenvalue weighted by molar-refractivity contribution is -0.134. The van der Waals surface area contributed by atoms with Crippen molar-refractivity contribution in [3.05, 3.63) is 0 Å². The highest BCUT2D eigenvalue weighted by atomic mass is 16.2. The van der Waals surface area contributed by atoms with Gasteiger partial charge in [0.05, 0.1) is 6.54 Å². The zero-order valence-corrected chi connectivity index (χ0v) is 11.5. The van der Waals surface area contributed by atoms with Crippen molar-refractivity contribution in [2.24, 2.45) is 0 Å². The van der Waals surface area contributed by atoms with Gasteiger partial charge < -0.3 is 10.2 Å². The van der Waals surface area contributed by atoms with Crippen LogP contribution in [0.15, 0.2) is 0 Å². The Labute approximate surface area is 105 Å². The highest BCUT2D eigenvalue weighted by Gasteiger charge is 2.26. The van der Waals surface area contributed by atoms with Crippen molar-refractivity contribution in [1.82, 2.24) is 15.1 Å². The van der Waals surface area contributed by atoms with Crippen molar-refractivity contribution in [3.8, 4) is 0 Å². The maximum Gasteiger partial charge on any atom is 0.237 e. The van der Waals surface area contributed by atoms with Crippen molar-refractivity contribution in [1.29, 1.82) is 0 Å². The summed E-state index contributed by atoms with van der Waals surface area (Å²) in [7, 11) is 0. The van der Waals surface area contributed by atoms with Crippen LogP contribution in [0.2, 0.25) is 0 Å². The van der Waals surface area contributed by atoms with Gasteiger partial charge in [0.25, 0.3) is 0 Å². The van der Waals surface area contributed by atoms with Crippen molar-refractivity contribution >= 4 is 5.91 Å². The number of carbonyl (C=O) groups excluding carboxylic acids is 1. The van der Waals surface area contributed by atoms with Crippen LogP contribution in [-0.2, 0) is 4.79 Å². The summed E-state index contributed by atoms with van der Waals surface area (Å²) in [6, 6.07) is 0.415. The molecule has 1 atom stereocenters. The standard InChI is InChI=1S/C13H27N3O/c1-4-9-16(12-7-8-14-10-12)13(17)11-15(5-2)6-3/h12,14H,4-11H2,1-3H3. The third-order valence-corrected chi connectivity index (χ3v) is 3.51. The predicted molar refractivity (Wildman–Crippen MR) is 71.1 cm³/mol. The molecule has 1 amide bonds. The van der Waals surface area contributed by atoms with Gasteiger partial charge in [0.2, 0.25) is 5.91 Å². The van der Waals surface area contributed by atoms with Crippen LogP contribution in [0.1, 0.15) is 33.6 Å². The summed E-state index contributed by atoms with van der Waals surface area (Å²) >= 11 is 0. The van der Waals surface area contributed by atoms with Crippen LogP contribution in [-0.4, -0.2) is 61.0 Å². The number of nitrogens with one attached hydrogen (secondary N) is 1. The molecular formula is C13H27N3O. The molecule has 1 aliphatic heterocycles. The second-order valence-corrected chi connectivity index (χ2v) is 4.70. The Bertz CT molecular complexity index is 223. The Balaban J connectivity index is 2.53. The SMILES string of the molecule is CCCN(C(=O)CN(CC)CC)C1CCNC1. The number of carbonyl (C=O) groups is 1. The van der Waals surface area contributed by atoms with E-state index < -0.39 is 0 Å². The zero-order valence-electron chi connectivity index (χ0n) is 11.5. The molecule has 4 nitrogen and oxygen atoms in total. The normalized spacial score (nSPS) is 19.9. The van der Waals surface area contributed by atoms with E-state index in [9.17, 15) is 4.79 Å². The van der Waals surface area contributed by atoms with E-state index in [1.807, 2.05) is 0 Å². The quantitative estimate of drug-likeness (QED) is 0.720. The molecule has 0 radical (unpaired) electrons. The molecule has 1 fully saturated rings. The van der Waals surface area contributed by atoms with Crippen LogP contribution in [0.5, 0.6) is 0 Å². The van der Waals surface area contributed by atoms with E-state index in [-0.39, 0.29) is 0 Å². The van der Waals surface area contributed by atoms with Gasteiger partial charge in [-0.15, -0.1) is 0 Å². The number of nitrogens with zero attached hydrogens (tertiary/aromatic N) is 2. The molecular weight excluding hydrogens is 214 g/mol. The number of amides is 1. The molecule has 0 aromatic heterocycles. The Morgan fingerprint density at radius 3 is 2.47 bits per heavy atom. The fraction of sp³-hybridized carbons (Fsp3) is 0.923. The van der Waals surface area contributed by atoms with Gasteiger partial charge in [-0.1, -0.05) is 20.8 Å². The van der Waals surface area contributed by atoms with E-state index in [0.29, 0.717) is 18.5 Å². The van der Waals surface area contributed by atoms with E-state index in [1.54, 1.807) is 0 Å². The van der Waals surface area contributed by atoms with Gasteiger partial charge in [0, 0.05) is 19.1 Å². The molecule has 0 bridgehead atoms. The Morgan fingerprint density at radius 2 is 2.00 bits per heavy atom. The predicted octanol–water partition coefficient (Wildman–Crippen LogP) is 0.929. The van der Waals surface area contributed by atoms with E-state index in [2.05, 4.69) is 35.9 Å². The van der Waals surface area contributed by atoms with E-state index in [4.69, 9.17) is 0 Å². The first-order chi connectivity index (χ1) is 8.22. The third kappa shape index (κ3) is 4.28. The van der Waals surface area contributed by atoms with E-state index in [1.165, 1.54) is 0 Å². The fourth-order valence-electron chi connectivity index (χ4n) is 2.39. The summed E-state index contributed by atoms with van der Waals surface area (Å²) in [6.45, 7) is 11.7. The van der Waals surface area contributed by atoms with Crippen molar-refractivity contribution in [2.75, 3.05) is 39.3 Å². The van der Waals surface area contributed by atoms with Crippen molar-refractivity contribution in [2.45, 2.75) is 39.7 Å². The number of rotatable bonds is 7. The monoisotopic (exact) mass is 241 g/mol. The Kier molecular flexibility index (Phi) is 6.52. The van der Waals surface area contributed by atoms with Gasteiger partial charge in [0.1, 0.15) is 0 Å². The molecule has 0 aliphatic carbocycles. The van der Waals surface area contributed by atoms with Gasteiger partial charge in [-0.25, -0.2) is 0 Å². The average molecular weight is 241 g/mol. The number of likely N-dealkylation sites (N-methyl/N-ethyl adjacent to an activating group) is 1. The minimum atomic E-state index is 0.296. The summed E-state index contributed by atoms with van der Waals surface area (Å²) in [4.78, 5) is 16.6. The van der Waals surface area contributed by atoms with Crippen LogP contribution in [0, 0.1) is 0 Å². The molecule has 1 rings (SSSR count). The summed E-state index contributed by atoms with van der Waals surface area (Å²) < 4.78 is 0. The minimum Gasteiger partial charge on any atom is -0.337 e. The largest absolute Gasteiger partial charge is 0.337 e. The highest BCUT2D eigenvalue weighted by Crippen LogP contribution is 2.10. The fourth-order valence-corrected chi connectivity index (χ4v) is 2.39. The molecule has 4 heteroatoms. The zero-order chi connectivity index (χ0) is 12.7. The van der Waals surface area contributed by atoms with Gasteiger partial charge in [-0.2, -0.15) is 0 Å². The molecule has 0 spiro atoms. The first kappa shape index (κ1) is 14.5. The summed E-state index contributed by atoms with van der Waals surface area (Å²) in [5.41, 5.74) is 0. The summed E-state index contributed by atoms with van der Waals surface area (Å²) in [5, 5.41) is 3.34. The lowest BCUT2D eigenvalue weighted by Crippen LogP contribution is -2.46. The lowest BCUT2D eigenvalue weighted by atomic mass is 10.2. The molecule has 1 heterocycles. The molecule has 0 aromatic carbocycles. The minimum absolute atomic E-state index is 0.296.